The lowest BCUT2D eigenvalue weighted by atomic mass is 10.3. The standard InChI is InChI=1S/C11H11N3O2S/c1-16-9-4-2-3-8(7-9)13-10(15)14-11-12-5-6-17-11/h2-7H,1H3,(H2,12,13,14,15). The molecule has 0 aliphatic carbocycles. The van der Waals surface area contributed by atoms with Crippen LogP contribution in [0.3, 0.4) is 0 Å². The zero-order valence-electron chi connectivity index (χ0n) is 9.14. The highest BCUT2D eigenvalue weighted by atomic mass is 32.1. The number of hydrogen-bond donors (Lipinski definition) is 2. The van der Waals surface area contributed by atoms with E-state index in [0.717, 1.165) is 0 Å². The number of amides is 2. The van der Waals surface area contributed by atoms with E-state index < -0.39 is 0 Å². The molecule has 6 heteroatoms. The summed E-state index contributed by atoms with van der Waals surface area (Å²) in [5, 5.41) is 7.67. The molecule has 0 saturated heterocycles. The lowest BCUT2D eigenvalue weighted by Crippen LogP contribution is -2.19. The van der Waals surface area contributed by atoms with Gasteiger partial charge in [0.05, 0.1) is 7.11 Å². The number of thiazole rings is 1. The zero-order chi connectivity index (χ0) is 12.1. The van der Waals surface area contributed by atoms with Gasteiger partial charge in [0.2, 0.25) is 0 Å². The summed E-state index contributed by atoms with van der Waals surface area (Å²) in [5.74, 6) is 0.692. The van der Waals surface area contributed by atoms with Crippen molar-refractivity contribution in [2.45, 2.75) is 0 Å². The molecular formula is C11H11N3O2S. The van der Waals surface area contributed by atoms with E-state index in [-0.39, 0.29) is 6.03 Å². The second kappa shape index (κ2) is 5.31. The van der Waals surface area contributed by atoms with Gasteiger partial charge >= 0.3 is 6.03 Å². The topological polar surface area (TPSA) is 63.2 Å². The Morgan fingerprint density at radius 1 is 1.41 bits per heavy atom. The van der Waals surface area contributed by atoms with Crippen LogP contribution in [0.15, 0.2) is 35.8 Å². The van der Waals surface area contributed by atoms with Crippen LogP contribution in [0.4, 0.5) is 15.6 Å². The number of aromatic nitrogens is 1. The molecule has 0 spiro atoms. The van der Waals surface area contributed by atoms with E-state index in [1.54, 1.807) is 36.9 Å². The highest BCUT2D eigenvalue weighted by Crippen LogP contribution is 2.17. The Morgan fingerprint density at radius 3 is 3.00 bits per heavy atom. The van der Waals surface area contributed by atoms with Gasteiger partial charge in [0.1, 0.15) is 5.75 Å². The number of carbonyl (C=O) groups excluding carboxylic acids is 1. The average molecular weight is 249 g/mol. The van der Waals surface area contributed by atoms with Crippen LogP contribution in [0, 0.1) is 0 Å². The first kappa shape index (κ1) is 11.4. The maximum Gasteiger partial charge on any atom is 0.325 e. The SMILES string of the molecule is COc1cccc(NC(=O)Nc2nccs2)c1. The largest absolute Gasteiger partial charge is 0.497 e. The van der Waals surface area contributed by atoms with E-state index in [1.165, 1.54) is 11.3 Å². The number of nitrogens with one attached hydrogen (secondary N) is 2. The number of benzene rings is 1. The second-order valence-electron chi connectivity index (χ2n) is 3.15. The van der Waals surface area contributed by atoms with E-state index in [0.29, 0.717) is 16.6 Å². The van der Waals surface area contributed by atoms with Gasteiger partial charge in [-0.15, -0.1) is 11.3 Å². The third kappa shape index (κ3) is 3.18. The number of urea groups is 1. The molecular weight excluding hydrogens is 238 g/mol. The summed E-state index contributed by atoms with van der Waals surface area (Å²) < 4.78 is 5.06. The molecule has 88 valence electrons. The Kier molecular flexibility index (Phi) is 3.56. The smallest absolute Gasteiger partial charge is 0.325 e. The molecule has 17 heavy (non-hydrogen) atoms. The summed E-state index contributed by atoms with van der Waals surface area (Å²) in [6, 6.07) is 6.81. The molecule has 0 aliphatic heterocycles. The van der Waals surface area contributed by atoms with Gasteiger partial charge in [-0.05, 0) is 12.1 Å². The van der Waals surface area contributed by atoms with E-state index in [9.17, 15) is 4.79 Å². The number of anilines is 2. The summed E-state index contributed by atoms with van der Waals surface area (Å²) in [5.41, 5.74) is 0.665. The van der Waals surface area contributed by atoms with Crippen molar-refractivity contribution in [1.82, 2.24) is 4.98 Å². The zero-order valence-corrected chi connectivity index (χ0v) is 9.95. The number of hydrogen-bond acceptors (Lipinski definition) is 4. The molecule has 1 aromatic heterocycles. The number of nitrogens with zero attached hydrogens (tertiary/aromatic N) is 1. The molecule has 5 nitrogen and oxygen atoms in total. The molecule has 1 heterocycles. The fourth-order valence-electron chi connectivity index (χ4n) is 1.25. The maximum atomic E-state index is 11.6. The third-order valence-corrected chi connectivity index (χ3v) is 2.67. The minimum atomic E-state index is -0.326. The van der Waals surface area contributed by atoms with Gasteiger partial charge in [-0.1, -0.05) is 6.07 Å². The summed E-state index contributed by atoms with van der Waals surface area (Å²) >= 11 is 1.36. The van der Waals surface area contributed by atoms with Gasteiger partial charge < -0.3 is 10.1 Å². The van der Waals surface area contributed by atoms with Crippen molar-refractivity contribution in [2.24, 2.45) is 0 Å². The van der Waals surface area contributed by atoms with Crippen molar-refractivity contribution in [2.75, 3.05) is 17.7 Å². The molecule has 0 fully saturated rings. The molecule has 2 aromatic rings. The lowest BCUT2D eigenvalue weighted by molar-refractivity contribution is 0.262. The average Bonchev–Trinajstić information content (AvgIpc) is 2.82. The Morgan fingerprint density at radius 2 is 2.29 bits per heavy atom. The van der Waals surface area contributed by atoms with Gasteiger partial charge in [0, 0.05) is 23.3 Å². The molecule has 0 bridgehead atoms. The van der Waals surface area contributed by atoms with Gasteiger partial charge in [0.15, 0.2) is 5.13 Å². The second-order valence-corrected chi connectivity index (χ2v) is 4.04. The van der Waals surface area contributed by atoms with Crippen molar-refractivity contribution >= 4 is 28.2 Å². The molecule has 1 aromatic carbocycles. The number of methoxy groups -OCH3 is 1. The van der Waals surface area contributed by atoms with Crippen molar-refractivity contribution in [3.8, 4) is 5.75 Å². The summed E-state index contributed by atoms with van der Waals surface area (Å²) in [6.07, 6.45) is 1.63. The quantitative estimate of drug-likeness (QED) is 0.879. The predicted octanol–water partition coefficient (Wildman–Crippen LogP) is 2.80. The first-order valence-corrected chi connectivity index (χ1v) is 5.77. The molecule has 0 aliphatic rings. The Balaban J connectivity index is 1.98. The summed E-state index contributed by atoms with van der Waals surface area (Å²) in [7, 11) is 1.58. The van der Waals surface area contributed by atoms with E-state index in [4.69, 9.17) is 4.74 Å². The first-order chi connectivity index (χ1) is 8.28. The van der Waals surface area contributed by atoms with Crippen LogP contribution < -0.4 is 15.4 Å². The van der Waals surface area contributed by atoms with Crippen LogP contribution in [0.1, 0.15) is 0 Å². The number of carbonyl (C=O) groups is 1. The lowest BCUT2D eigenvalue weighted by Gasteiger charge is -2.06. The molecule has 0 unspecified atom stereocenters. The van der Waals surface area contributed by atoms with Crippen LogP contribution in [-0.2, 0) is 0 Å². The van der Waals surface area contributed by atoms with Crippen LogP contribution in [-0.4, -0.2) is 18.1 Å². The molecule has 0 atom stereocenters. The minimum Gasteiger partial charge on any atom is -0.497 e. The Hall–Kier alpha value is -2.08. The van der Waals surface area contributed by atoms with Gasteiger partial charge in [-0.3, -0.25) is 5.32 Å². The maximum absolute atomic E-state index is 11.6. The van der Waals surface area contributed by atoms with E-state index in [1.807, 2.05) is 6.07 Å². The van der Waals surface area contributed by atoms with Crippen molar-refractivity contribution < 1.29 is 9.53 Å². The normalized spacial score (nSPS) is 9.71. The minimum absolute atomic E-state index is 0.326. The van der Waals surface area contributed by atoms with Crippen molar-refractivity contribution in [3.63, 3.8) is 0 Å². The van der Waals surface area contributed by atoms with Gasteiger partial charge in [0.25, 0.3) is 0 Å². The first-order valence-electron chi connectivity index (χ1n) is 4.89. The van der Waals surface area contributed by atoms with E-state index >= 15 is 0 Å². The molecule has 2 rings (SSSR count). The van der Waals surface area contributed by atoms with Gasteiger partial charge in [-0.2, -0.15) is 0 Å². The highest BCUT2D eigenvalue weighted by molar-refractivity contribution is 7.13. The number of rotatable bonds is 3. The molecule has 0 radical (unpaired) electrons. The molecule has 0 saturated carbocycles. The van der Waals surface area contributed by atoms with Crippen LogP contribution in [0.25, 0.3) is 0 Å². The van der Waals surface area contributed by atoms with E-state index in [2.05, 4.69) is 15.6 Å². The Bertz CT molecular complexity index is 499. The fraction of sp³-hybridized carbons (Fsp3) is 0.0909. The van der Waals surface area contributed by atoms with Crippen molar-refractivity contribution in [1.29, 1.82) is 0 Å². The summed E-state index contributed by atoms with van der Waals surface area (Å²) in [6.45, 7) is 0. The van der Waals surface area contributed by atoms with Crippen LogP contribution in [0.5, 0.6) is 5.75 Å². The van der Waals surface area contributed by atoms with Crippen LogP contribution >= 0.6 is 11.3 Å². The predicted molar refractivity (Wildman–Crippen MR) is 67.7 cm³/mol. The monoisotopic (exact) mass is 249 g/mol. The number of ether oxygens (including phenoxy) is 1. The highest BCUT2D eigenvalue weighted by Gasteiger charge is 2.04. The fourth-order valence-corrected chi connectivity index (χ4v) is 1.77. The summed E-state index contributed by atoms with van der Waals surface area (Å²) in [4.78, 5) is 15.5. The van der Waals surface area contributed by atoms with Gasteiger partial charge in [-0.25, -0.2) is 9.78 Å². The molecule has 2 amide bonds. The molecule has 2 N–H and O–H groups in total. The van der Waals surface area contributed by atoms with Crippen molar-refractivity contribution in [3.05, 3.63) is 35.8 Å². The van der Waals surface area contributed by atoms with Crippen LogP contribution in [0.2, 0.25) is 0 Å². The Labute approximate surface area is 102 Å². The third-order valence-electron chi connectivity index (χ3n) is 1.98.